The molecule has 1 amide bonds. The number of hydrogen-bond acceptors (Lipinski definition) is 4. The molecule has 4 bridgehead atoms. The summed E-state index contributed by atoms with van der Waals surface area (Å²) in [5.74, 6) is 0.963. The minimum Gasteiger partial charge on any atom is -0.456 e. The van der Waals surface area contributed by atoms with Crippen LogP contribution in [0.15, 0.2) is 0 Å². The molecule has 0 N–H and O–H groups in total. The van der Waals surface area contributed by atoms with Gasteiger partial charge in [-0.05, 0) is 55.8 Å². The summed E-state index contributed by atoms with van der Waals surface area (Å²) in [6.45, 7) is 0.148. The smallest absolute Gasteiger partial charge is 0.306 e. The van der Waals surface area contributed by atoms with Crippen LogP contribution in [0.25, 0.3) is 0 Å². The number of nitrogens with zero attached hydrogens (tertiary/aromatic N) is 2. The van der Waals surface area contributed by atoms with E-state index < -0.39 is 0 Å². The van der Waals surface area contributed by atoms with Gasteiger partial charge in [0.15, 0.2) is 6.61 Å². The second-order valence-electron chi connectivity index (χ2n) is 8.17. The molecule has 0 aromatic rings. The third kappa shape index (κ3) is 3.77. The molecule has 6 heteroatoms. The minimum absolute atomic E-state index is 0.0699. The van der Waals surface area contributed by atoms with Gasteiger partial charge in [-0.1, -0.05) is 15.9 Å². The summed E-state index contributed by atoms with van der Waals surface area (Å²) in [7, 11) is 1.63. The summed E-state index contributed by atoms with van der Waals surface area (Å²) in [5, 5.41) is 8.55. The van der Waals surface area contributed by atoms with Gasteiger partial charge in [0.1, 0.15) is 0 Å². The maximum Gasteiger partial charge on any atom is 0.306 e. The number of alkyl halides is 1. The lowest BCUT2D eigenvalue weighted by Gasteiger charge is -2.60. The Morgan fingerprint density at radius 2 is 1.96 bits per heavy atom. The molecule has 0 aromatic carbocycles. The van der Waals surface area contributed by atoms with Crippen molar-refractivity contribution in [3.63, 3.8) is 0 Å². The molecule has 4 aliphatic carbocycles. The number of nitriles is 1. The molecule has 0 aliphatic heterocycles. The van der Waals surface area contributed by atoms with Gasteiger partial charge in [0.25, 0.3) is 5.91 Å². The zero-order valence-electron chi connectivity index (χ0n) is 14.2. The summed E-state index contributed by atoms with van der Waals surface area (Å²) in [6.07, 6.45) is 7.82. The van der Waals surface area contributed by atoms with Crippen molar-refractivity contribution >= 4 is 27.8 Å². The Bertz CT molecular complexity index is 557. The van der Waals surface area contributed by atoms with Crippen molar-refractivity contribution < 1.29 is 14.3 Å². The molecule has 0 heterocycles. The van der Waals surface area contributed by atoms with Gasteiger partial charge in [-0.15, -0.1) is 0 Å². The molecule has 2 atom stereocenters. The maximum atomic E-state index is 12.3. The number of ether oxygens (including phenoxy) is 1. The van der Waals surface area contributed by atoms with Gasteiger partial charge in [-0.25, -0.2) is 0 Å². The molecule has 0 radical (unpaired) electrons. The Morgan fingerprint density at radius 1 is 1.29 bits per heavy atom. The molecule has 4 aliphatic rings. The highest BCUT2D eigenvalue weighted by atomic mass is 79.9. The Balaban J connectivity index is 1.51. The van der Waals surface area contributed by atoms with E-state index in [0.717, 1.165) is 31.1 Å². The van der Waals surface area contributed by atoms with Gasteiger partial charge >= 0.3 is 5.97 Å². The molecule has 4 saturated carbocycles. The molecule has 132 valence electrons. The fourth-order valence-electron chi connectivity index (χ4n) is 5.49. The van der Waals surface area contributed by atoms with E-state index >= 15 is 0 Å². The van der Waals surface area contributed by atoms with Crippen LogP contribution in [0.2, 0.25) is 0 Å². The summed E-state index contributed by atoms with van der Waals surface area (Å²) >= 11 is 3.95. The summed E-state index contributed by atoms with van der Waals surface area (Å²) in [6, 6.07) is 2.00. The van der Waals surface area contributed by atoms with Gasteiger partial charge in [0, 0.05) is 17.9 Å². The van der Waals surface area contributed by atoms with Gasteiger partial charge in [0.2, 0.25) is 0 Å². The van der Waals surface area contributed by atoms with Crippen LogP contribution in [0.1, 0.15) is 51.4 Å². The first-order valence-electron chi connectivity index (χ1n) is 8.79. The van der Waals surface area contributed by atoms with E-state index in [0.29, 0.717) is 13.0 Å². The maximum absolute atomic E-state index is 12.3. The van der Waals surface area contributed by atoms with E-state index in [1.165, 1.54) is 24.2 Å². The van der Waals surface area contributed by atoms with Crippen LogP contribution in [0.5, 0.6) is 0 Å². The van der Waals surface area contributed by atoms with Crippen LogP contribution in [-0.4, -0.2) is 41.3 Å². The highest BCUT2D eigenvalue weighted by Gasteiger charge is 2.57. The van der Waals surface area contributed by atoms with E-state index in [2.05, 4.69) is 15.9 Å². The summed E-state index contributed by atoms with van der Waals surface area (Å²) < 4.78 is 5.48. The Kier molecular flexibility index (Phi) is 4.92. The monoisotopic (exact) mass is 396 g/mol. The normalized spacial score (nSPS) is 36.2. The molecule has 0 saturated heterocycles. The van der Waals surface area contributed by atoms with Gasteiger partial charge < -0.3 is 9.64 Å². The zero-order chi connectivity index (χ0) is 17.4. The van der Waals surface area contributed by atoms with Crippen molar-refractivity contribution in [3.8, 4) is 6.07 Å². The number of carbonyl (C=O) groups is 2. The topological polar surface area (TPSA) is 70.4 Å². The predicted octanol–water partition coefficient (Wildman–Crippen LogP) is 3.03. The average Bonchev–Trinajstić information content (AvgIpc) is 2.47. The van der Waals surface area contributed by atoms with Gasteiger partial charge in [0.05, 0.1) is 18.9 Å². The highest BCUT2D eigenvalue weighted by Crippen LogP contribution is 2.65. The average molecular weight is 397 g/mol. The first kappa shape index (κ1) is 17.7. The lowest BCUT2D eigenvalue weighted by atomic mass is 9.49. The van der Waals surface area contributed by atoms with Crippen molar-refractivity contribution in [1.82, 2.24) is 4.90 Å². The van der Waals surface area contributed by atoms with Crippen LogP contribution in [0, 0.1) is 28.6 Å². The van der Waals surface area contributed by atoms with Crippen LogP contribution in [0.4, 0.5) is 0 Å². The lowest BCUT2D eigenvalue weighted by Crippen LogP contribution is -2.53. The van der Waals surface area contributed by atoms with Crippen molar-refractivity contribution in [2.75, 3.05) is 20.2 Å². The van der Waals surface area contributed by atoms with Crippen molar-refractivity contribution in [3.05, 3.63) is 0 Å². The van der Waals surface area contributed by atoms with E-state index in [-0.39, 0.29) is 34.6 Å². The first-order valence-corrected chi connectivity index (χ1v) is 9.58. The van der Waals surface area contributed by atoms with Gasteiger partial charge in [-0.3, -0.25) is 9.59 Å². The van der Waals surface area contributed by atoms with E-state index in [9.17, 15) is 9.59 Å². The molecule has 4 rings (SSSR count). The van der Waals surface area contributed by atoms with Crippen molar-refractivity contribution in [1.29, 1.82) is 5.26 Å². The zero-order valence-corrected chi connectivity index (χ0v) is 15.8. The lowest BCUT2D eigenvalue weighted by molar-refractivity contribution is -0.156. The Labute approximate surface area is 151 Å². The number of amides is 1. The SMILES string of the molecule is CN(CCC#N)C(=O)COC(=O)CC12CC3CC(CC(Br)(C3)C1)C2. The van der Waals surface area contributed by atoms with Crippen molar-refractivity contribution in [2.45, 2.75) is 55.7 Å². The second-order valence-corrected chi connectivity index (χ2v) is 9.85. The third-order valence-corrected chi connectivity index (χ3v) is 6.90. The quantitative estimate of drug-likeness (QED) is 0.510. The largest absolute Gasteiger partial charge is 0.456 e. The minimum atomic E-state index is -0.255. The van der Waals surface area contributed by atoms with Crippen LogP contribution >= 0.6 is 15.9 Å². The number of halogens is 1. The van der Waals surface area contributed by atoms with E-state index in [1.807, 2.05) is 6.07 Å². The van der Waals surface area contributed by atoms with Crippen LogP contribution < -0.4 is 0 Å². The Hall–Kier alpha value is -1.09. The molecule has 4 fully saturated rings. The van der Waals surface area contributed by atoms with E-state index in [4.69, 9.17) is 10.00 Å². The highest BCUT2D eigenvalue weighted by molar-refractivity contribution is 9.10. The second kappa shape index (κ2) is 6.67. The molecule has 5 nitrogen and oxygen atoms in total. The molecule has 0 aromatic heterocycles. The van der Waals surface area contributed by atoms with Crippen molar-refractivity contribution in [2.24, 2.45) is 17.3 Å². The van der Waals surface area contributed by atoms with Gasteiger partial charge in [-0.2, -0.15) is 5.26 Å². The number of esters is 1. The fourth-order valence-corrected chi connectivity index (χ4v) is 7.01. The predicted molar refractivity (Wildman–Crippen MR) is 92.2 cm³/mol. The summed E-state index contributed by atoms with van der Waals surface area (Å²) in [4.78, 5) is 25.7. The number of likely N-dealkylation sites (N-methyl/N-ethyl adjacent to an activating group) is 1. The molecule has 0 spiro atoms. The first-order chi connectivity index (χ1) is 11.3. The van der Waals surface area contributed by atoms with Crippen LogP contribution in [-0.2, 0) is 14.3 Å². The molecular formula is C18H25BrN2O3. The number of hydrogen-bond donors (Lipinski definition) is 0. The van der Waals surface area contributed by atoms with Crippen LogP contribution in [0.3, 0.4) is 0 Å². The molecular weight excluding hydrogens is 372 g/mol. The standard InChI is InChI=1S/C18H25BrN2O3/c1-21(4-2-3-20)15(22)11-24-16(23)10-17-6-13-5-14(7-17)9-18(19,8-13)12-17/h13-14H,2,4-12H2,1H3. The third-order valence-electron chi connectivity index (χ3n) is 5.97. The number of carbonyl (C=O) groups excluding carboxylic acids is 2. The molecule has 24 heavy (non-hydrogen) atoms. The van der Waals surface area contributed by atoms with E-state index in [1.54, 1.807) is 7.05 Å². The summed E-state index contributed by atoms with van der Waals surface area (Å²) in [5.41, 5.74) is 0.0699. The number of rotatable bonds is 6. The fraction of sp³-hybridized carbons (Fsp3) is 0.833. The molecule has 2 unspecified atom stereocenters. The Morgan fingerprint density at radius 3 is 2.54 bits per heavy atom.